The maximum absolute atomic E-state index is 5.61. The van der Waals surface area contributed by atoms with Crippen molar-refractivity contribution in [3.05, 3.63) is 59.1 Å². The Hall–Kier alpha value is -0.514. The van der Waals surface area contributed by atoms with Gasteiger partial charge in [0.25, 0.3) is 0 Å². The topological polar surface area (TPSA) is 9.23 Å². The minimum Gasteiger partial charge on any atom is -0.457 e. The monoisotopic (exact) mass is 274 g/mol. The molecule has 0 atom stereocenters. The van der Waals surface area contributed by atoms with E-state index in [4.69, 9.17) is 4.74 Å². The van der Waals surface area contributed by atoms with Crippen LogP contribution in [0.2, 0.25) is 0 Å². The first-order chi connectivity index (χ1) is 6.84. The average Bonchev–Trinajstić information content (AvgIpc) is 2.23. The van der Waals surface area contributed by atoms with Gasteiger partial charge in [-0.15, -0.1) is 0 Å². The highest BCUT2D eigenvalue weighted by molar-refractivity contribution is 9.10. The van der Waals surface area contributed by atoms with Crippen LogP contribution in [0.25, 0.3) is 0 Å². The van der Waals surface area contributed by atoms with Gasteiger partial charge in [0.2, 0.25) is 0 Å². The normalized spacial score (nSPS) is 9.13. The molecule has 3 heteroatoms. The number of halogens is 1. The van der Waals surface area contributed by atoms with E-state index in [0.717, 1.165) is 16.0 Å². The Labute approximate surface area is 114 Å². The molecule has 0 radical (unpaired) electrons. The summed E-state index contributed by atoms with van der Waals surface area (Å²) >= 11 is 3.38. The van der Waals surface area contributed by atoms with Crippen molar-refractivity contribution in [2.75, 3.05) is 0 Å². The van der Waals surface area contributed by atoms with Crippen LogP contribution in [0.15, 0.2) is 59.1 Å². The average molecular weight is 275 g/mol. The highest BCUT2D eigenvalue weighted by Gasteiger charge is 1.94. The summed E-state index contributed by atoms with van der Waals surface area (Å²) in [6, 6.07) is 17.5. The number of ether oxygens (including phenoxy) is 1. The van der Waals surface area contributed by atoms with Crippen molar-refractivity contribution >= 4 is 39.0 Å². The van der Waals surface area contributed by atoms with Crippen LogP contribution < -0.4 is 4.74 Å². The van der Waals surface area contributed by atoms with Crippen LogP contribution in [0.3, 0.4) is 0 Å². The zero-order valence-electron chi connectivity index (χ0n) is 7.48. The molecule has 74 valence electrons. The van der Waals surface area contributed by atoms with Gasteiger partial charge in [0.1, 0.15) is 11.5 Å². The second-order valence-electron chi connectivity index (χ2n) is 2.87. The zero-order chi connectivity index (χ0) is 9.80. The van der Waals surface area contributed by atoms with Gasteiger partial charge in [0.05, 0.1) is 0 Å². The molecule has 0 amide bonds. The molecular formula is C12H11BrMgO. The van der Waals surface area contributed by atoms with Crippen LogP contribution in [0, 0.1) is 0 Å². The fraction of sp³-hybridized carbons (Fsp3) is 0. The SMILES string of the molecule is Brc1ccc(Oc2ccccc2)cc1.[MgH2]. The smallest absolute Gasteiger partial charge is 0.316 e. The molecule has 0 saturated carbocycles. The number of rotatable bonds is 2. The van der Waals surface area contributed by atoms with Gasteiger partial charge < -0.3 is 4.74 Å². The molecule has 15 heavy (non-hydrogen) atoms. The molecule has 2 aromatic rings. The fourth-order valence-corrected chi connectivity index (χ4v) is 1.39. The third-order valence-corrected chi connectivity index (χ3v) is 2.32. The predicted octanol–water partition coefficient (Wildman–Crippen LogP) is 3.33. The molecule has 0 N–H and O–H groups in total. The lowest BCUT2D eigenvalue weighted by atomic mass is 10.3. The zero-order valence-corrected chi connectivity index (χ0v) is 9.07. The van der Waals surface area contributed by atoms with Gasteiger partial charge in [-0.05, 0) is 36.4 Å². The molecule has 0 aliphatic rings. The molecule has 0 unspecified atom stereocenters. The molecule has 0 fully saturated rings. The molecular weight excluding hydrogens is 264 g/mol. The van der Waals surface area contributed by atoms with E-state index in [9.17, 15) is 0 Å². The summed E-state index contributed by atoms with van der Waals surface area (Å²) < 4.78 is 6.67. The van der Waals surface area contributed by atoms with E-state index in [1.54, 1.807) is 0 Å². The van der Waals surface area contributed by atoms with Gasteiger partial charge >= 0.3 is 23.1 Å². The Bertz CT molecular complexity index is 400. The first-order valence-corrected chi connectivity index (χ1v) is 5.12. The summed E-state index contributed by atoms with van der Waals surface area (Å²) in [5.41, 5.74) is 0. The Balaban J connectivity index is 0.00000112. The molecule has 0 spiro atoms. The lowest BCUT2D eigenvalue weighted by Gasteiger charge is -2.04. The highest BCUT2D eigenvalue weighted by Crippen LogP contribution is 2.22. The van der Waals surface area contributed by atoms with Crippen LogP contribution in [0.5, 0.6) is 11.5 Å². The summed E-state index contributed by atoms with van der Waals surface area (Å²) in [5, 5.41) is 0. The quantitative estimate of drug-likeness (QED) is 0.764. The van der Waals surface area contributed by atoms with Crippen LogP contribution in [-0.4, -0.2) is 23.1 Å². The van der Waals surface area contributed by atoms with E-state index in [0.29, 0.717) is 0 Å². The molecule has 1 nitrogen and oxygen atoms in total. The predicted molar refractivity (Wildman–Crippen MR) is 69.2 cm³/mol. The number of para-hydroxylation sites is 1. The summed E-state index contributed by atoms with van der Waals surface area (Å²) in [4.78, 5) is 0. The minimum absolute atomic E-state index is 0. The maximum atomic E-state index is 5.61. The molecule has 0 aromatic heterocycles. The summed E-state index contributed by atoms with van der Waals surface area (Å²) in [7, 11) is 0. The highest BCUT2D eigenvalue weighted by atomic mass is 79.9. The van der Waals surface area contributed by atoms with Crippen LogP contribution in [0.4, 0.5) is 0 Å². The minimum atomic E-state index is 0. The molecule has 2 rings (SSSR count). The molecule has 2 aromatic carbocycles. The first kappa shape index (κ1) is 12.6. The largest absolute Gasteiger partial charge is 0.457 e. The number of hydrogen-bond acceptors (Lipinski definition) is 1. The number of hydrogen-bond donors (Lipinski definition) is 0. The summed E-state index contributed by atoms with van der Waals surface area (Å²) in [6.07, 6.45) is 0. The van der Waals surface area contributed by atoms with Crippen molar-refractivity contribution in [3.8, 4) is 11.5 Å². The molecule has 0 aliphatic heterocycles. The van der Waals surface area contributed by atoms with Gasteiger partial charge in [0.15, 0.2) is 0 Å². The first-order valence-electron chi connectivity index (χ1n) is 4.33. The van der Waals surface area contributed by atoms with Crippen molar-refractivity contribution in [1.82, 2.24) is 0 Å². The lowest BCUT2D eigenvalue weighted by Crippen LogP contribution is -1.82. The second kappa shape index (κ2) is 6.15. The van der Waals surface area contributed by atoms with Crippen LogP contribution in [-0.2, 0) is 0 Å². The summed E-state index contributed by atoms with van der Waals surface area (Å²) in [6.45, 7) is 0. The second-order valence-corrected chi connectivity index (χ2v) is 3.78. The van der Waals surface area contributed by atoms with E-state index < -0.39 is 0 Å². The Kier molecular flexibility index (Phi) is 5.15. The van der Waals surface area contributed by atoms with E-state index in [-0.39, 0.29) is 23.1 Å². The molecule has 0 saturated heterocycles. The number of benzene rings is 2. The van der Waals surface area contributed by atoms with Gasteiger partial charge in [-0.3, -0.25) is 0 Å². The Morgan fingerprint density at radius 3 is 1.87 bits per heavy atom. The molecule has 0 aliphatic carbocycles. The van der Waals surface area contributed by atoms with E-state index in [2.05, 4.69) is 15.9 Å². The fourth-order valence-electron chi connectivity index (χ4n) is 1.13. The van der Waals surface area contributed by atoms with Crippen molar-refractivity contribution < 1.29 is 4.74 Å². The third kappa shape index (κ3) is 3.85. The lowest BCUT2D eigenvalue weighted by molar-refractivity contribution is 0.482. The molecule has 0 heterocycles. The van der Waals surface area contributed by atoms with Crippen molar-refractivity contribution in [2.24, 2.45) is 0 Å². The van der Waals surface area contributed by atoms with Gasteiger partial charge in [-0.1, -0.05) is 34.1 Å². The maximum Gasteiger partial charge on any atom is 0.316 e. The van der Waals surface area contributed by atoms with Gasteiger partial charge in [-0.25, -0.2) is 0 Å². The standard InChI is InChI=1S/C12H9BrO.Mg.2H/c13-10-6-8-12(9-7-10)14-11-4-2-1-3-5-11;;;/h1-9H;;;. The van der Waals surface area contributed by atoms with Gasteiger partial charge in [-0.2, -0.15) is 0 Å². The van der Waals surface area contributed by atoms with Gasteiger partial charge in [0, 0.05) is 4.47 Å². The third-order valence-electron chi connectivity index (χ3n) is 1.79. The van der Waals surface area contributed by atoms with Crippen molar-refractivity contribution in [3.63, 3.8) is 0 Å². The van der Waals surface area contributed by atoms with E-state index in [1.807, 2.05) is 54.6 Å². The molecule has 0 bridgehead atoms. The van der Waals surface area contributed by atoms with E-state index in [1.165, 1.54) is 0 Å². The van der Waals surface area contributed by atoms with Crippen LogP contribution in [0.1, 0.15) is 0 Å². The van der Waals surface area contributed by atoms with Crippen LogP contribution >= 0.6 is 15.9 Å². The summed E-state index contributed by atoms with van der Waals surface area (Å²) in [5.74, 6) is 1.70. The van der Waals surface area contributed by atoms with E-state index >= 15 is 0 Å². The Morgan fingerprint density at radius 1 is 0.733 bits per heavy atom. The van der Waals surface area contributed by atoms with Crippen molar-refractivity contribution in [2.45, 2.75) is 0 Å². The Morgan fingerprint density at radius 2 is 1.27 bits per heavy atom. The van der Waals surface area contributed by atoms with Crippen molar-refractivity contribution in [1.29, 1.82) is 0 Å².